The lowest BCUT2D eigenvalue weighted by Gasteiger charge is -2.38. The summed E-state index contributed by atoms with van der Waals surface area (Å²) >= 11 is 0. The fourth-order valence-corrected chi connectivity index (χ4v) is 2.13. The van der Waals surface area contributed by atoms with Crippen LogP contribution in [0.15, 0.2) is 10.7 Å². The summed E-state index contributed by atoms with van der Waals surface area (Å²) in [5, 5.41) is 0. The molecule has 0 amide bonds. The largest absolute Gasteiger partial charge is 0.432 e. The molecule has 0 bridgehead atoms. The van der Waals surface area contributed by atoms with Gasteiger partial charge in [-0.15, -0.1) is 0 Å². The fraction of sp³-hybridized carbons (Fsp3) is 0.750. The van der Waals surface area contributed by atoms with E-state index in [0.29, 0.717) is 12.0 Å². The molecule has 1 saturated heterocycles. The quantitative estimate of drug-likeness (QED) is 0.853. The van der Waals surface area contributed by atoms with E-state index in [4.69, 9.17) is 10.2 Å². The van der Waals surface area contributed by atoms with Crippen molar-refractivity contribution in [3.05, 3.63) is 12.0 Å². The SMILES string of the molecule is CCC1(C)CCN(c2nc(CN)co2)CC1. The maximum atomic E-state index is 5.52. The van der Waals surface area contributed by atoms with Crippen LogP contribution in [0.1, 0.15) is 38.8 Å². The van der Waals surface area contributed by atoms with Crippen LogP contribution in [-0.4, -0.2) is 18.1 Å². The smallest absolute Gasteiger partial charge is 0.297 e. The maximum absolute atomic E-state index is 5.52. The first-order chi connectivity index (χ1) is 7.67. The first-order valence-electron chi connectivity index (χ1n) is 6.06. The highest BCUT2D eigenvalue weighted by molar-refractivity contribution is 5.28. The van der Waals surface area contributed by atoms with E-state index >= 15 is 0 Å². The molecule has 2 N–H and O–H groups in total. The van der Waals surface area contributed by atoms with Crippen molar-refractivity contribution in [1.82, 2.24) is 4.98 Å². The Balaban J connectivity index is 1.98. The average Bonchev–Trinajstić information content (AvgIpc) is 2.79. The predicted octanol–water partition coefficient (Wildman–Crippen LogP) is 2.15. The van der Waals surface area contributed by atoms with Gasteiger partial charge in [-0.2, -0.15) is 4.98 Å². The molecule has 1 fully saturated rings. The molecule has 1 aromatic rings. The highest BCUT2D eigenvalue weighted by Crippen LogP contribution is 2.35. The summed E-state index contributed by atoms with van der Waals surface area (Å²) in [4.78, 5) is 6.58. The van der Waals surface area contributed by atoms with Gasteiger partial charge in [0.25, 0.3) is 6.01 Å². The molecule has 0 aliphatic carbocycles. The van der Waals surface area contributed by atoms with Crippen molar-refractivity contribution >= 4 is 6.01 Å². The molecule has 4 heteroatoms. The molecule has 1 aromatic heterocycles. The molecule has 2 rings (SSSR count). The monoisotopic (exact) mass is 223 g/mol. The van der Waals surface area contributed by atoms with Gasteiger partial charge in [-0.3, -0.25) is 0 Å². The summed E-state index contributed by atoms with van der Waals surface area (Å²) < 4.78 is 5.43. The zero-order valence-corrected chi connectivity index (χ0v) is 10.2. The molecular weight excluding hydrogens is 202 g/mol. The Bertz CT molecular complexity index is 340. The molecule has 0 aromatic carbocycles. The second-order valence-electron chi connectivity index (χ2n) is 4.98. The van der Waals surface area contributed by atoms with Crippen LogP contribution < -0.4 is 10.6 Å². The minimum absolute atomic E-state index is 0.448. The highest BCUT2D eigenvalue weighted by Gasteiger charge is 2.29. The minimum atomic E-state index is 0.448. The summed E-state index contributed by atoms with van der Waals surface area (Å²) in [6, 6.07) is 0.735. The van der Waals surface area contributed by atoms with E-state index in [1.54, 1.807) is 6.26 Å². The fourth-order valence-electron chi connectivity index (χ4n) is 2.13. The van der Waals surface area contributed by atoms with E-state index in [-0.39, 0.29) is 0 Å². The topological polar surface area (TPSA) is 55.3 Å². The summed E-state index contributed by atoms with van der Waals surface area (Å²) in [5.74, 6) is 0. The van der Waals surface area contributed by atoms with Crippen LogP contribution in [0.4, 0.5) is 6.01 Å². The average molecular weight is 223 g/mol. The Morgan fingerprint density at radius 1 is 1.50 bits per heavy atom. The Morgan fingerprint density at radius 2 is 2.19 bits per heavy atom. The molecule has 0 radical (unpaired) electrons. The normalized spacial score (nSPS) is 20.1. The Kier molecular flexibility index (Phi) is 3.19. The Labute approximate surface area is 96.8 Å². The number of hydrogen-bond donors (Lipinski definition) is 1. The van der Waals surface area contributed by atoms with Crippen LogP contribution in [0.3, 0.4) is 0 Å². The van der Waals surface area contributed by atoms with Crippen molar-refractivity contribution < 1.29 is 4.42 Å². The summed E-state index contributed by atoms with van der Waals surface area (Å²) in [5.41, 5.74) is 6.85. The number of aromatic nitrogens is 1. The van der Waals surface area contributed by atoms with Gasteiger partial charge in [0.05, 0.1) is 5.69 Å². The van der Waals surface area contributed by atoms with Gasteiger partial charge in [-0.25, -0.2) is 0 Å². The van der Waals surface area contributed by atoms with Crippen molar-refractivity contribution in [2.45, 2.75) is 39.7 Å². The van der Waals surface area contributed by atoms with Gasteiger partial charge in [0.1, 0.15) is 6.26 Å². The standard InChI is InChI=1S/C12H21N3O/c1-3-12(2)4-6-15(7-5-12)11-14-10(8-13)9-16-11/h9H,3-8,13H2,1-2H3. The second-order valence-corrected chi connectivity index (χ2v) is 4.98. The van der Waals surface area contributed by atoms with E-state index in [1.165, 1.54) is 19.3 Å². The molecule has 0 spiro atoms. The number of anilines is 1. The number of nitrogens with two attached hydrogens (primary N) is 1. The Hall–Kier alpha value is -1.03. The summed E-state index contributed by atoms with van der Waals surface area (Å²) in [6.45, 7) is 7.16. The van der Waals surface area contributed by atoms with Crippen molar-refractivity contribution in [2.24, 2.45) is 11.1 Å². The van der Waals surface area contributed by atoms with E-state index in [0.717, 1.165) is 24.8 Å². The number of nitrogens with zero attached hydrogens (tertiary/aromatic N) is 2. The lowest BCUT2D eigenvalue weighted by Crippen LogP contribution is -2.38. The molecule has 16 heavy (non-hydrogen) atoms. The van der Waals surface area contributed by atoms with Gasteiger partial charge >= 0.3 is 0 Å². The molecule has 1 aliphatic heterocycles. The third kappa shape index (κ3) is 2.21. The van der Waals surface area contributed by atoms with E-state index in [1.807, 2.05) is 0 Å². The van der Waals surface area contributed by atoms with Gasteiger partial charge in [-0.1, -0.05) is 20.3 Å². The van der Waals surface area contributed by atoms with Gasteiger partial charge in [0.2, 0.25) is 0 Å². The van der Waals surface area contributed by atoms with E-state index in [2.05, 4.69) is 23.7 Å². The molecule has 0 atom stereocenters. The van der Waals surface area contributed by atoms with Crippen molar-refractivity contribution in [1.29, 1.82) is 0 Å². The molecule has 4 nitrogen and oxygen atoms in total. The van der Waals surface area contributed by atoms with Gasteiger partial charge in [0, 0.05) is 19.6 Å². The second kappa shape index (κ2) is 4.45. The summed E-state index contributed by atoms with van der Waals surface area (Å²) in [6.07, 6.45) is 5.33. The Morgan fingerprint density at radius 3 is 2.69 bits per heavy atom. The molecular formula is C12H21N3O. The van der Waals surface area contributed by atoms with Crippen molar-refractivity contribution in [2.75, 3.05) is 18.0 Å². The molecule has 90 valence electrons. The maximum Gasteiger partial charge on any atom is 0.297 e. The third-order valence-corrected chi connectivity index (χ3v) is 3.84. The number of piperidine rings is 1. The lowest BCUT2D eigenvalue weighted by atomic mass is 9.78. The van der Waals surface area contributed by atoms with Crippen LogP contribution in [0.25, 0.3) is 0 Å². The van der Waals surface area contributed by atoms with Crippen molar-refractivity contribution in [3.63, 3.8) is 0 Å². The molecule has 2 heterocycles. The van der Waals surface area contributed by atoms with Crippen LogP contribution in [0, 0.1) is 5.41 Å². The zero-order valence-electron chi connectivity index (χ0n) is 10.2. The van der Waals surface area contributed by atoms with E-state index in [9.17, 15) is 0 Å². The third-order valence-electron chi connectivity index (χ3n) is 3.84. The van der Waals surface area contributed by atoms with Gasteiger partial charge < -0.3 is 15.1 Å². The zero-order chi connectivity index (χ0) is 11.6. The minimum Gasteiger partial charge on any atom is -0.432 e. The van der Waals surface area contributed by atoms with Gasteiger partial charge in [-0.05, 0) is 18.3 Å². The summed E-state index contributed by atoms with van der Waals surface area (Å²) in [7, 11) is 0. The highest BCUT2D eigenvalue weighted by atomic mass is 16.4. The van der Waals surface area contributed by atoms with E-state index < -0.39 is 0 Å². The lowest BCUT2D eigenvalue weighted by molar-refractivity contribution is 0.233. The van der Waals surface area contributed by atoms with Crippen LogP contribution >= 0.6 is 0 Å². The van der Waals surface area contributed by atoms with Crippen molar-refractivity contribution in [3.8, 4) is 0 Å². The molecule has 0 unspecified atom stereocenters. The number of hydrogen-bond acceptors (Lipinski definition) is 4. The van der Waals surface area contributed by atoms with Gasteiger partial charge in [0.15, 0.2) is 0 Å². The van der Waals surface area contributed by atoms with Crippen LogP contribution in [0.5, 0.6) is 0 Å². The van der Waals surface area contributed by atoms with Crippen LogP contribution in [-0.2, 0) is 6.54 Å². The first kappa shape index (κ1) is 11.5. The molecule has 1 aliphatic rings. The molecule has 0 saturated carbocycles. The first-order valence-corrected chi connectivity index (χ1v) is 6.06. The number of rotatable bonds is 3. The van der Waals surface area contributed by atoms with Crippen LogP contribution in [0.2, 0.25) is 0 Å². The predicted molar refractivity (Wildman–Crippen MR) is 64.2 cm³/mol. The number of oxazole rings is 1.